The second-order valence-corrected chi connectivity index (χ2v) is 4.78. The first-order chi connectivity index (χ1) is 10.7. The first-order valence-electron chi connectivity index (χ1n) is 6.84. The van der Waals surface area contributed by atoms with E-state index in [0.717, 1.165) is 4.80 Å². The summed E-state index contributed by atoms with van der Waals surface area (Å²) < 4.78 is 4.81. The molecule has 0 aromatic carbocycles. The summed E-state index contributed by atoms with van der Waals surface area (Å²) in [5.41, 5.74) is 0.597. The van der Waals surface area contributed by atoms with Gasteiger partial charge in [-0.1, -0.05) is 0 Å². The maximum absolute atomic E-state index is 11.3. The van der Waals surface area contributed by atoms with Crippen LogP contribution < -0.4 is 4.90 Å². The molecular weight excluding hydrogens is 290 g/mol. The molecule has 0 amide bonds. The second-order valence-electron chi connectivity index (χ2n) is 4.78. The quantitative estimate of drug-likeness (QED) is 0.684. The summed E-state index contributed by atoms with van der Waals surface area (Å²) in [4.78, 5) is 22.8. The third kappa shape index (κ3) is 3.01. The highest BCUT2D eigenvalue weighted by Crippen LogP contribution is 2.18. The summed E-state index contributed by atoms with van der Waals surface area (Å²) in [6.07, 6.45) is 2.85. The van der Waals surface area contributed by atoms with Crippen molar-refractivity contribution in [3.8, 4) is 11.4 Å². The van der Waals surface area contributed by atoms with Gasteiger partial charge in [-0.3, -0.25) is 0 Å². The van der Waals surface area contributed by atoms with Crippen LogP contribution in [0.5, 0.6) is 0 Å². The van der Waals surface area contributed by atoms with E-state index in [0.29, 0.717) is 37.0 Å². The molecule has 0 spiro atoms. The molecule has 1 aliphatic heterocycles. The van der Waals surface area contributed by atoms with Crippen LogP contribution in [0, 0.1) is 0 Å². The van der Waals surface area contributed by atoms with Crippen LogP contribution in [-0.2, 0) is 16.1 Å². The third-order valence-electron chi connectivity index (χ3n) is 3.07. The van der Waals surface area contributed by atoms with Gasteiger partial charge in [-0.25, -0.2) is 14.8 Å². The summed E-state index contributed by atoms with van der Waals surface area (Å²) in [7, 11) is 0. The van der Waals surface area contributed by atoms with Crippen molar-refractivity contribution < 1.29 is 14.6 Å². The number of aromatic nitrogens is 6. The highest BCUT2D eigenvalue weighted by atomic mass is 16.5. The summed E-state index contributed by atoms with van der Waals surface area (Å²) in [6.45, 7) is 3.01. The van der Waals surface area contributed by atoms with E-state index in [9.17, 15) is 9.90 Å². The molecule has 1 aliphatic rings. The van der Waals surface area contributed by atoms with Crippen molar-refractivity contribution in [3.63, 3.8) is 0 Å². The van der Waals surface area contributed by atoms with Gasteiger partial charge in [0.2, 0.25) is 11.8 Å². The largest absolute Gasteiger partial charge is 0.465 e. The van der Waals surface area contributed by atoms with E-state index < -0.39 is 5.97 Å². The first-order valence-corrected chi connectivity index (χ1v) is 6.84. The molecule has 116 valence electrons. The molecule has 0 bridgehead atoms. The van der Waals surface area contributed by atoms with Crippen LogP contribution in [0.4, 0.5) is 5.95 Å². The van der Waals surface area contributed by atoms with Crippen molar-refractivity contribution in [2.75, 3.05) is 24.6 Å². The predicted octanol–water partition coefficient (Wildman–Crippen LogP) is -1.13. The van der Waals surface area contributed by atoms with Crippen molar-refractivity contribution in [1.29, 1.82) is 0 Å². The zero-order chi connectivity index (χ0) is 15.5. The highest BCUT2D eigenvalue weighted by Gasteiger charge is 2.26. The molecule has 10 heteroatoms. The number of ether oxygens (including phenoxy) is 1. The van der Waals surface area contributed by atoms with Gasteiger partial charge in [0.1, 0.15) is 0 Å². The Hall–Kier alpha value is -2.62. The number of hydrogen-bond acceptors (Lipinski definition) is 9. The van der Waals surface area contributed by atoms with Gasteiger partial charge in [-0.05, 0) is 12.1 Å². The average Bonchev–Trinajstić information content (AvgIpc) is 2.93. The minimum Gasteiger partial charge on any atom is -0.465 e. The van der Waals surface area contributed by atoms with Crippen LogP contribution in [0.1, 0.15) is 6.92 Å². The molecule has 0 aliphatic carbocycles. The van der Waals surface area contributed by atoms with E-state index in [4.69, 9.17) is 4.74 Å². The average molecular weight is 305 g/mol. The summed E-state index contributed by atoms with van der Waals surface area (Å²) in [6, 6.07) is 0. The fourth-order valence-electron chi connectivity index (χ4n) is 1.97. The van der Waals surface area contributed by atoms with Crippen LogP contribution in [0.15, 0.2) is 12.4 Å². The highest BCUT2D eigenvalue weighted by molar-refractivity contribution is 5.68. The van der Waals surface area contributed by atoms with Crippen LogP contribution in [0.2, 0.25) is 0 Å². The molecule has 0 unspecified atom stereocenters. The molecule has 22 heavy (non-hydrogen) atoms. The SMILES string of the molecule is CCOC(=O)Cn1nnc(-c2cnc(N3CC(O)C3)nc2)n1. The van der Waals surface area contributed by atoms with E-state index in [2.05, 4.69) is 25.4 Å². The zero-order valence-corrected chi connectivity index (χ0v) is 12.0. The van der Waals surface area contributed by atoms with Crippen molar-refractivity contribution in [3.05, 3.63) is 12.4 Å². The number of aliphatic hydroxyl groups excluding tert-OH is 1. The van der Waals surface area contributed by atoms with Crippen LogP contribution in [0.25, 0.3) is 11.4 Å². The van der Waals surface area contributed by atoms with Gasteiger partial charge in [0.15, 0.2) is 6.54 Å². The fraction of sp³-hybridized carbons (Fsp3) is 0.500. The van der Waals surface area contributed by atoms with Gasteiger partial charge >= 0.3 is 5.97 Å². The Bertz CT molecular complexity index is 651. The van der Waals surface area contributed by atoms with Crippen LogP contribution in [0.3, 0.4) is 0 Å². The van der Waals surface area contributed by atoms with E-state index in [-0.39, 0.29) is 12.6 Å². The number of tetrazole rings is 1. The molecule has 0 atom stereocenters. The monoisotopic (exact) mass is 305 g/mol. The summed E-state index contributed by atoms with van der Waals surface area (Å²) in [5.74, 6) is 0.460. The number of hydrogen-bond donors (Lipinski definition) is 1. The lowest BCUT2D eigenvalue weighted by atomic mass is 10.2. The Labute approximate surface area is 125 Å². The number of aliphatic hydroxyl groups is 1. The standard InChI is InChI=1S/C12H15N7O3/c1-2-22-10(21)7-19-16-11(15-17-19)8-3-13-12(14-4-8)18-5-9(20)6-18/h3-4,9,20H,2,5-7H2,1H3. The van der Waals surface area contributed by atoms with Crippen molar-refractivity contribution in [2.24, 2.45) is 0 Å². The van der Waals surface area contributed by atoms with Gasteiger partial charge in [-0.15, -0.1) is 10.2 Å². The zero-order valence-electron chi connectivity index (χ0n) is 12.0. The Morgan fingerprint density at radius 2 is 2.14 bits per heavy atom. The number of β-amino-alcohol motifs (C(OH)–C–C–N with tert-alkyl or cyclic N) is 1. The lowest BCUT2D eigenvalue weighted by molar-refractivity contribution is -0.144. The Morgan fingerprint density at radius 1 is 1.41 bits per heavy atom. The molecule has 2 aromatic heterocycles. The van der Waals surface area contributed by atoms with Gasteiger partial charge in [0.25, 0.3) is 0 Å². The van der Waals surface area contributed by atoms with Gasteiger partial charge < -0.3 is 14.7 Å². The molecule has 2 aromatic rings. The minimum absolute atomic E-state index is 0.0918. The molecule has 1 fully saturated rings. The number of nitrogens with zero attached hydrogens (tertiary/aromatic N) is 7. The smallest absolute Gasteiger partial charge is 0.329 e. The number of esters is 1. The van der Waals surface area contributed by atoms with E-state index in [1.165, 1.54) is 0 Å². The Kier molecular flexibility index (Phi) is 3.92. The topological polar surface area (TPSA) is 119 Å². The molecule has 3 rings (SSSR count). The fourth-order valence-corrected chi connectivity index (χ4v) is 1.97. The van der Waals surface area contributed by atoms with Crippen LogP contribution >= 0.6 is 0 Å². The summed E-state index contributed by atoms with van der Waals surface area (Å²) >= 11 is 0. The number of anilines is 1. The Balaban J connectivity index is 1.66. The maximum atomic E-state index is 11.3. The maximum Gasteiger partial charge on any atom is 0.329 e. The molecule has 1 saturated heterocycles. The molecule has 0 saturated carbocycles. The van der Waals surface area contributed by atoms with Gasteiger partial charge in [0, 0.05) is 25.5 Å². The first kappa shape index (κ1) is 14.3. The lowest BCUT2D eigenvalue weighted by Gasteiger charge is -2.35. The van der Waals surface area contributed by atoms with Gasteiger partial charge in [0.05, 0.1) is 18.3 Å². The normalized spacial score (nSPS) is 14.7. The van der Waals surface area contributed by atoms with Crippen LogP contribution in [-0.4, -0.2) is 67.1 Å². The van der Waals surface area contributed by atoms with E-state index >= 15 is 0 Å². The van der Waals surface area contributed by atoms with E-state index in [1.54, 1.807) is 19.3 Å². The third-order valence-corrected chi connectivity index (χ3v) is 3.07. The second kappa shape index (κ2) is 6.02. The molecule has 10 nitrogen and oxygen atoms in total. The molecule has 1 N–H and O–H groups in total. The van der Waals surface area contributed by atoms with Crippen molar-refractivity contribution in [2.45, 2.75) is 19.6 Å². The Morgan fingerprint density at radius 3 is 2.77 bits per heavy atom. The van der Waals surface area contributed by atoms with Gasteiger partial charge in [-0.2, -0.15) is 4.80 Å². The van der Waals surface area contributed by atoms with Crippen molar-refractivity contribution >= 4 is 11.9 Å². The number of carbonyl (C=O) groups excluding carboxylic acids is 1. The van der Waals surface area contributed by atoms with E-state index in [1.807, 2.05) is 4.90 Å². The lowest BCUT2D eigenvalue weighted by Crippen LogP contribution is -2.51. The minimum atomic E-state index is -0.422. The summed E-state index contributed by atoms with van der Waals surface area (Å²) in [5, 5.41) is 21.0. The molecule has 0 radical (unpaired) electrons. The number of rotatable bonds is 5. The molecular formula is C12H15N7O3. The molecule has 3 heterocycles. The predicted molar refractivity (Wildman–Crippen MR) is 73.7 cm³/mol. The van der Waals surface area contributed by atoms with Crippen molar-refractivity contribution in [1.82, 2.24) is 30.2 Å². The number of carbonyl (C=O) groups is 1.